The maximum Gasteiger partial charge on any atom is 0.430 e. The van der Waals surface area contributed by atoms with E-state index < -0.39 is 29.3 Å². The third kappa shape index (κ3) is 6.36. The average molecular weight is 377 g/mol. The Hall–Kier alpha value is -2.62. The molecule has 0 aliphatic carbocycles. The zero-order valence-electron chi connectivity index (χ0n) is 13.9. The third-order valence-electron chi connectivity index (χ3n) is 3.25. The number of aromatic hydroxyl groups is 1. The van der Waals surface area contributed by atoms with Crippen molar-refractivity contribution in [2.24, 2.45) is 5.73 Å². The summed E-state index contributed by atoms with van der Waals surface area (Å²) in [6, 6.07) is 3.28. The summed E-state index contributed by atoms with van der Waals surface area (Å²) in [4.78, 5) is 13.3. The first-order chi connectivity index (χ1) is 12.1. The highest BCUT2D eigenvalue weighted by atomic mass is 19.4. The molecule has 0 heterocycles. The Morgan fingerprint density at radius 2 is 2.08 bits per heavy atom. The molecule has 0 fully saturated rings. The van der Waals surface area contributed by atoms with Crippen molar-refractivity contribution in [2.45, 2.75) is 19.6 Å². The van der Waals surface area contributed by atoms with Gasteiger partial charge in [0.15, 0.2) is 0 Å². The first kappa shape index (κ1) is 21.4. The van der Waals surface area contributed by atoms with E-state index in [2.05, 4.69) is 0 Å². The monoisotopic (exact) mass is 377 g/mol. The number of nitrogens with one attached hydrogen (secondary N) is 1. The number of allylic oxidation sites excluding steroid dienone is 1. The lowest BCUT2D eigenvalue weighted by Gasteiger charge is -2.23. The highest BCUT2D eigenvalue weighted by Gasteiger charge is 2.32. The summed E-state index contributed by atoms with van der Waals surface area (Å²) in [5, 5.41) is 16.8. The first-order valence-corrected chi connectivity index (χ1v) is 7.53. The minimum Gasteiger partial charge on any atom is -0.508 e. The Labute approximate surface area is 147 Å². The molecule has 1 aromatic carbocycles. The highest BCUT2D eigenvalue weighted by Crippen LogP contribution is 2.21. The van der Waals surface area contributed by atoms with E-state index in [1.165, 1.54) is 12.1 Å². The Morgan fingerprint density at radius 3 is 2.62 bits per heavy atom. The fourth-order valence-corrected chi connectivity index (χ4v) is 1.91. The van der Waals surface area contributed by atoms with Crippen molar-refractivity contribution in [3.63, 3.8) is 0 Å². The van der Waals surface area contributed by atoms with Crippen LogP contribution in [0.3, 0.4) is 0 Å². The number of phenols is 1. The number of carbonyl (C=O) groups excluding carboxylic acids is 1. The topological polar surface area (TPSA) is 99.6 Å². The van der Waals surface area contributed by atoms with Gasteiger partial charge in [0.25, 0.3) is 5.91 Å². The lowest BCUT2D eigenvalue weighted by atomic mass is 10.1. The van der Waals surface area contributed by atoms with E-state index in [1.807, 2.05) is 0 Å². The van der Waals surface area contributed by atoms with Gasteiger partial charge < -0.3 is 20.5 Å². The quantitative estimate of drug-likeness (QED) is 0.368. The number of nitrogens with zero attached hydrogens (tertiary/aromatic N) is 1. The van der Waals surface area contributed by atoms with Crippen LogP contribution >= 0.6 is 0 Å². The van der Waals surface area contributed by atoms with Gasteiger partial charge in [-0.3, -0.25) is 10.2 Å². The van der Waals surface area contributed by atoms with Gasteiger partial charge >= 0.3 is 6.18 Å². The number of rotatable bonds is 8. The van der Waals surface area contributed by atoms with Crippen LogP contribution in [0.25, 0.3) is 0 Å². The Kier molecular flexibility index (Phi) is 7.56. The number of phenolic OH excluding ortho intramolecular Hbond substituents is 1. The Morgan fingerprint density at radius 1 is 1.42 bits per heavy atom. The number of alkyl halides is 3. The van der Waals surface area contributed by atoms with Crippen LogP contribution in [0.15, 0.2) is 30.0 Å². The largest absolute Gasteiger partial charge is 0.508 e. The van der Waals surface area contributed by atoms with Crippen molar-refractivity contribution < 1.29 is 32.2 Å². The van der Waals surface area contributed by atoms with Crippen LogP contribution in [0.4, 0.5) is 17.6 Å². The van der Waals surface area contributed by atoms with Gasteiger partial charge in [-0.05, 0) is 19.1 Å². The maximum atomic E-state index is 13.9. The smallest absolute Gasteiger partial charge is 0.430 e. The van der Waals surface area contributed by atoms with Gasteiger partial charge in [0, 0.05) is 31.3 Å². The first-order valence-electron chi connectivity index (χ1n) is 7.53. The highest BCUT2D eigenvalue weighted by molar-refractivity contribution is 6.42. The number of hydrogen-bond acceptors (Lipinski definition) is 5. The molecular formula is C16H19F4N3O3. The normalized spacial score (nSPS) is 12.1. The van der Waals surface area contributed by atoms with E-state index in [4.69, 9.17) is 15.9 Å². The number of hydrogen-bond donors (Lipinski definition) is 3. The molecule has 0 radical (unpaired) electrons. The van der Waals surface area contributed by atoms with E-state index >= 15 is 0 Å². The zero-order valence-corrected chi connectivity index (χ0v) is 13.9. The van der Waals surface area contributed by atoms with Gasteiger partial charge in [0.05, 0.1) is 6.61 Å². The second-order valence-electron chi connectivity index (χ2n) is 5.21. The molecule has 0 saturated carbocycles. The van der Waals surface area contributed by atoms with E-state index in [0.29, 0.717) is 6.61 Å². The number of carbonyl (C=O) groups is 1. The lowest BCUT2D eigenvalue weighted by molar-refractivity contribution is -0.125. The number of benzene rings is 1. The summed E-state index contributed by atoms with van der Waals surface area (Å²) in [7, 11) is 0. The van der Waals surface area contributed by atoms with Gasteiger partial charge in [-0.15, -0.1) is 0 Å². The van der Waals surface area contributed by atoms with Crippen LogP contribution in [0.5, 0.6) is 5.75 Å². The van der Waals surface area contributed by atoms with E-state index in [-0.39, 0.29) is 37.1 Å². The fourth-order valence-electron chi connectivity index (χ4n) is 1.91. The number of halogens is 4. The van der Waals surface area contributed by atoms with Gasteiger partial charge in [-0.1, -0.05) is 6.07 Å². The van der Waals surface area contributed by atoms with E-state index in [0.717, 1.165) is 11.0 Å². The van der Waals surface area contributed by atoms with Crippen LogP contribution < -0.4 is 5.73 Å². The van der Waals surface area contributed by atoms with E-state index in [9.17, 15) is 27.5 Å². The van der Waals surface area contributed by atoms with Crippen molar-refractivity contribution in [1.82, 2.24) is 4.90 Å². The van der Waals surface area contributed by atoms with Crippen molar-refractivity contribution in [2.75, 3.05) is 19.8 Å². The van der Waals surface area contributed by atoms with Crippen LogP contribution in [-0.2, 0) is 16.1 Å². The molecule has 1 rings (SSSR count). The minimum atomic E-state index is -4.87. The second-order valence-corrected chi connectivity index (χ2v) is 5.21. The molecule has 1 amide bonds. The predicted octanol–water partition coefficient (Wildman–Crippen LogP) is 2.32. The molecule has 0 aliphatic heterocycles. The molecule has 0 bridgehead atoms. The predicted molar refractivity (Wildman–Crippen MR) is 86.0 cm³/mol. The molecular weight excluding hydrogens is 358 g/mol. The standard InChI is InChI=1S/C16H19F4N3O3/c1-2-26-6-5-23(9-10-3-4-11(24)7-12(10)17)15(25)13(21)8-14(22)16(18,19)20/h3-4,7-8,21,24H,2,5-6,9,22H2,1H3. The van der Waals surface area contributed by atoms with Crippen molar-refractivity contribution in [3.05, 3.63) is 41.4 Å². The molecule has 144 valence electrons. The summed E-state index contributed by atoms with van der Waals surface area (Å²) in [5.41, 5.74) is 2.26. The van der Waals surface area contributed by atoms with Crippen molar-refractivity contribution in [3.8, 4) is 5.75 Å². The molecule has 26 heavy (non-hydrogen) atoms. The Bertz CT molecular complexity index is 690. The molecule has 0 aliphatic rings. The second kappa shape index (κ2) is 9.18. The van der Waals surface area contributed by atoms with Gasteiger partial charge in [0.2, 0.25) is 0 Å². The molecule has 0 atom stereocenters. The average Bonchev–Trinajstić information content (AvgIpc) is 2.54. The molecule has 0 aromatic heterocycles. The molecule has 10 heteroatoms. The summed E-state index contributed by atoms with van der Waals surface area (Å²) in [6.45, 7) is 1.71. The maximum absolute atomic E-state index is 13.9. The van der Waals surface area contributed by atoms with Gasteiger partial charge in [-0.25, -0.2) is 4.39 Å². The number of ether oxygens (including phenoxy) is 1. The minimum absolute atomic E-state index is 0.0215. The van der Waals surface area contributed by atoms with Crippen LogP contribution in [0.2, 0.25) is 0 Å². The zero-order chi connectivity index (χ0) is 19.9. The summed E-state index contributed by atoms with van der Waals surface area (Å²) in [6.07, 6.45) is -4.66. The van der Waals surface area contributed by atoms with Gasteiger partial charge in [0.1, 0.15) is 23.0 Å². The fraction of sp³-hybridized carbons (Fsp3) is 0.375. The van der Waals surface area contributed by atoms with Crippen molar-refractivity contribution >= 4 is 11.6 Å². The summed E-state index contributed by atoms with van der Waals surface area (Å²) in [5.74, 6) is -2.17. The van der Waals surface area contributed by atoms with Gasteiger partial charge in [-0.2, -0.15) is 13.2 Å². The Balaban J connectivity index is 3.00. The third-order valence-corrected chi connectivity index (χ3v) is 3.25. The molecule has 4 N–H and O–H groups in total. The van der Waals surface area contributed by atoms with Crippen molar-refractivity contribution in [1.29, 1.82) is 5.41 Å². The summed E-state index contributed by atoms with van der Waals surface area (Å²) >= 11 is 0. The molecule has 0 saturated heterocycles. The SMILES string of the molecule is CCOCCN(Cc1ccc(O)cc1F)C(=O)C(=N)C=C(N)C(F)(F)F. The molecule has 0 spiro atoms. The molecule has 0 unspecified atom stereocenters. The number of amides is 1. The molecule has 6 nitrogen and oxygen atoms in total. The van der Waals surface area contributed by atoms with E-state index in [1.54, 1.807) is 6.92 Å². The van der Waals surface area contributed by atoms with Crippen LogP contribution in [0, 0.1) is 11.2 Å². The van der Waals surface area contributed by atoms with Crippen LogP contribution in [-0.4, -0.2) is 47.6 Å². The van der Waals surface area contributed by atoms with Crippen LogP contribution in [0.1, 0.15) is 12.5 Å². The summed E-state index contributed by atoms with van der Waals surface area (Å²) < 4.78 is 56.3. The lowest BCUT2D eigenvalue weighted by Crippen LogP contribution is -2.38. The molecule has 1 aromatic rings. The number of nitrogens with two attached hydrogens (primary N) is 1.